The summed E-state index contributed by atoms with van der Waals surface area (Å²) in [5.41, 5.74) is 2.24. The van der Waals surface area contributed by atoms with Gasteiger partial charge in [-0.2, -0.15) is 0 Å². The lowest BCUT2D eigenvalue weighted by Crippen LogP contribution is -2.37. The van der Waals surface area contributed by atoms with Crippen LogP contribution in [0.2, 0.25) is 10.0 Å². The zero-order valence-electron chi connectivity index (χ0n) is 15.2. The molecule has 0 N–H and O–H groups in total. The first-order valence-corrected chi connectivity index (χ1v) is 9.52. The molecule has 0 saturated carbocycles. The first-order chi connectivity index (χ1) is 13.0. The normalized spacial score (nSPS) is 14.1. The Balaban J connectivity index is 1.61. The largest absolute Gasteiger partial charge is 0.482 e. The molecule has 1 aliphatic heterocycles. The van der Waals surface area contributed by atoms with Gasteiger partial charge in [0.15, 0.2) is 6.61 Å². The molecule has 2 aromatic carbocycles. The highest BCUT2D eigenvalue weighted by molar-refractivity contribution is 6.35. The van der Waals surface area contributed by atoms with Crippen LogP contribution in [0.4, 0.5) is 5.69 Å². The van der Waals surface area contributed by atoms with E-state index in [4.69, 9.17) is 32.7 Å². The van der Waals surface area contributed by atoms with Crippen molar-refractivity contribution in [3.8, 4) is 5.75 Å². The number of rotatable bonds is 6. The number of halogens is 2. The average Bonchev–Trinajstić information content (AvgIpc) is 2.68. The topological polar surface area (TPSA) is 42.0 Å². The number of anilines is 1. The first-order valence-electron chi connectivity index (χ1n) is 8.77. The monoisotopic (exact) mass is 408 g/mol. The first kappa shape index (κ1) is 19.8. The number of nitrogens with zero attached hydrogens (tertiary/aromatic N) is 2. The molecule has 1 aliphatic rings. The van der Waals surface area contributed by atoms with Gasteiger partial charge in [-0.25, -0.2) is 0 Å². The summed E-state index contributed by atoms with van der Waals surface area (Å²) in [7, 11) is 1.77. The minimum Gasteiger partial charge on any atom is -0.482 e. The van der Waals surface area contributed by atoms with E-state index in [-0.39, 0.29) is 12.5 Å². The predicted octanol–water partition coefficient (Wildman–Crippen LogP) is 3.87. The molecule has 5 nitrogen and oxygen atoms in total. The zero-order valence-corrected chi connectivity index (χ0v) is 16.7. The minimum absolute atomic E-state index is 0.0857. The standard InChI is InChI=1S/C20H22Cl2N2O3/c1-23(20(25)14-27-19-7-6-16(21)12-17(19)22)13-15-4-2-3-5-18(15)24-8-10-26-11-9-24/h2-7,12H,8-11,13-14H2,1H3. The summed E-state index contributed by atoms with van der Waals surface area (Å²) < 4.78 is 11.0. The molecule has 2 aromatic rings. The van der Waals surface area contributed by atoms with Crippen molar-refractivity contribution in [3.05, 3.63) is 58.1 Å². The van der Waals surface area contributed by atoms with Gasteiger partial charge in [-0.1, -0.05) is 41.4 Å². The summed E-state index contributed by atoms with van der Waals surface area (Å²) in [6, 6.07) is 13.1. The Morgan fingerprint density at radius 1 is 1.19 bits per heavy atom. The van der Waals surface area contributed by atoms with Gasteiger partial charge in [0.25, 0.3) is 5.91 Å². The number of carbonyl (C=O) groups is 1. The highest BCUT2D eigenvalue weighted by Crippen LogP contribution is 2.27. The lowest BCUT2D eigenvalue weighted by Gasteiger charge is -2.31. The summed E-state index contributed by atoms with van der Waals surface area (Å²) in [6.45, 7) is 3.57. The molecule has 0 aliphatic carbocycles. The molecule has 144 valence electrons. The highest BCUT2D eigenvalue weighted by atomic mass is 35.5. The molecule has 1 heterocycles. The van der Waals surface area contributed by atoms with Gasteiger partial charge in [-0.3, -0.25) is 4.79 Å². The molecule has 0 aromatic heterocycles. The van der Waals surface area contributed by atoms with Gasteiger partial charge in [0, 0.05) is 37.4 Å². The number of benzene rings is 2. The summed E-state index contributed by atoms with van der Waals surface area (Å²) in [6.07, 6.45) is 0. The molecule has 1 fully saturated rings. The average molecular weight is 409 g/mol. The fraction of sp³-hybridized carbons (Fsp3) is 0.350. The second kappa shape index (κ2) is 9.31. The Labute approximate surface area is 169 Å². The van der Waals surface area contributed by atoms with Gasteiger partial charge in [-0.05, 0) is 29.8 Å². The maximum absolute atomic E-state index is 12.5. The molecule has 0 unspecified atom stereocenters. The molecular weight excluding hydrogens is 387 g/mol. The third-order valence-corrected chi connectivity index (χ3v) is 4.95. The molecule has 1 saturated heterocycles. The van der Waals surface area contributed by atoms with E-state index in [1.165, 1.54) is 0 Å². The highest BCUT2D eigenvalue weighted by Gasteiger charge is 2.17. The number of ether oxygens (including phenoxy) is 2. The SMILES string of the molecule is CN(Cc1ccccc1N1CCOCC1)C(=O)COc1ccc(Cl)cc1Cl. The fourth-order valence-electron chi connectivity index (χ4n) is 2.94. The number of hydrogen-bond donors (Lipinski definition) is 0. The van der Waals surface area contributed by atoms with Crippen LogP contribution >= 0.6 is 23.2 Å². The lowest BCUT2D eigenvalue weighted by molar-refractivity contribution is -0.132. The lowest BCUT2D eigenvalue weighted by atomic mass is 10.1. The summed E-state index contributed by atoms with van der Waals surface area (Å²) in [5.74, 6) is 0.314. The number of carbonyl (C=O) groups excluding carboxylic acids is 1. The number of likely N-dealkylation sites (N-methyl/N-ethyl adjacent to an activating group) is 1. The van der Waals surface area contributed by atoms with Gasteiger partial charge < -0.3 is 19.3 Å². The summed E-state index contributed by atoms with van der Waals surface area (Å²) in [4.78, 5) is 16.4. The second-order valence-corrected chi connectivity index (χ2v) is 7.18. The molecule has 0 bridgehead atoms. The Morgan fingerprint density at radius 2 is 1.93 bits per heavy atom. The van der Waals surface area contributed by atoms with Gasteiger partial charge in [0.05, 0.1) is 18.2 Å². The van der Waals surface area contributed by atoms with Crippen molar-refractivity contribution in [2.45, 2.75) is 6.54 Å². The smallest absolute Gasteiger partial charge is 0.260 e. The molecule has 27 heavy (non-hydrogen) atoms. The van der Waals surface area contributed by atoms with Crippen LogP contribution in [0.15, 0.2) is 42.5 Å². The third kappa shape index (κ3) is 5.28. The molecule has 0 radical (unpaired) electrons. The molecule has 0 spiro atoms. The Kier molecular flexibility index (Phi) is 6.83. The Morgan fingerprint density at radius 3 is 2.67 bits per heavy atom. The van der Waals surface area contributed by atoms with Crippen molar-refractivity contribution in [1.29, 1.82) is 0 Å². The van der Waals surface area contributed by atoms with Crippen molar-refractivity contribution in [1.82, 2.24) is 4.90 Å². The number of para-hydroxylation sites is 1. The van der Waals surface area contributed by atoms with Crippen LogP contribution in [0.3, 0.4) is 0 Å². The van der Waals surface area contributed by atoms with Crippen molar-refractivity contribution in [2.24, 2.45) is 0 Å². The van der Waals surface area contributed by atoms with Crippen LogP contribution in [0.25, 0.3) is 0 Å². The second-order valence-electron chi connectivity index (χ2n) is 6.34. The van der Waals surface area contributed by atoms with Crippen molar-refractivity contribution in [3.63, 3.8) is 0 Å². The van der Waals surface area contributed by atoms with E-state index >= 15 is 0 Å². The maximum Gasteiger partial charge on any atom is 0.260 e. The predicted molar refractivity (Wildman–Crippen MR) is 108 cm³/mol. The van der Waals surface area contributed by atoms with Crippen LogP contribution < -0.4 is 9.64 Å². The van der Waals surface area contributed by atoms with Crippen LogP contribution in [0.1, 0.15) is 5.56 Å². The van der Waals surface area contributed by atoms with Crippen LogP contribution in [-0.4, -0.2) is 50.8 Å². The van der Waals surface area contributed by atoms with Gasteiger partial charge in [0.2, 0.25) is 0 Å². The van der Waals surface area contributed by atoms with E-state index < -0.39 is 0 Å². The fourth-order valence-corrected chi connectivity index (χ4v) is 3.41. The quantitative estimate of drug-likeness (QED) is 0.727. The zero-order chi connectivity index (χ0) is 19.2. The van der Waals surface area contributed by atoms with Gasteiger partial charge in [0.1, 0.15) is 5.75 Å². The van der Waals surface area contributed by atoms with E-state index in [9.17, 15) is 4.79 Å². The Bertz CT molecular complexity index is 795. The maximum atomic E-state index is 12.5. The number of amides is 1. The van der Waals surface area contributed by atoms with E-state index in [1.807, 2.05) is 18.2 Å². The third-order valence-electron chi connectivity index (χ3n) is 4.42. The van der Waals surface area contributed by atoms with Crippen molar-refractivity contribution >= 4 is 34.8 Å². The molecule has 0 atom stereocenters. The number of morpholine rings is 1. The van der Waals surface area contributed by atoms with Gasteiger partial charge >= 0.3 is 0 Å². The van der Waals surface area contributed by atoms with E-state index in [1.54, 1.807) is 30.1 Å². The van der Waals surface area contributed by atoms with Crippen molar-refractivity contribution < 1.29 is 14.3 Å². The molecule has 1 amide bonds. The minimum atomic E-state index is -0.127. The van der Waals surface area contributed by atoms with Gasteiger partial charge in [-0.15, -0.1) is 0 Å². The van der Waals surface area contributed by atoms with Crippen molar-refractivity contribution in [2.75, 3.05) is 44.9 Å². The van der Waals surface area contributed by atoms with Crippen LogP contribution in [0.5, 0.6) is 5.75 Å². The number of hydrogen-bond acceptors (Lipinski definition) is 4. The van der Waals surface area contributed by atoms with E-state index in [2.05, 4.69) is 11.0 Å². The van der Waals surface area contributed by atoms with E-state index in [0.29, 0.717) is 22.3 Å². The molecule has 3 rings (SSSR count). The van der Waals surface area contributed by atoms with Crippen LogP contribution in [-0.2, 0) is 16.1 Å². The Hall–Kier alpha value is -1.95. The summed E-state index contributed by atoms with van der Waals surface area (Å²) >= 11 is 12.0. The van der Waals surface area contributed by atoms with Crippen LogP contribution in [0, 0.1) is 0 Å². The van der Waals surface area contributed by atoms with E-state index in [0.717, 1.165) is 37.6 Å². The molecule has 7 heteroatoms. The molecular formula is C20H22Cl2N2O3. The summed E-state index contributed by atoms with van der Waals surface area (Å²) in [5, 5.41) is 0.908.